The van der Waals surface area contributed by atoms with Crippen molar-refractivity contribution in [3.63, 3.8) is 0 Å². The number of hydrogen-bond donors (Lipinski definition) is 3. The molecule has 3 N–H and O–H groups in total. The largest absolute Gasteiger partial charge is 0.380 e. The van der Waals surface area contributed by atoms with E-state index in [1.807, 2.05) is 0 Å². The predicted molar refractivity (Wildman–Crippen MR) is 122 cm³/mol. The molecular weight excluding hydrogens is 472 g/mol. The van der Waals surface area contributed by atoms with Crippen molar-refractivity contribution in [2.45, 2.75) is 36.2 Å². The number of hydrogen-bond acceptors (Lipinski definition) is 8. The average Bonchev–Trinajstić information content (AvgIpc) is 3.26. The summed E-state index contributed by atoms with van der Waals surface area (Å²) in [6, 6.07) is 1.95. The molecule has 176 valence electrons. The number of aromatic nitrogens is 1. The fraction of sp³-hybridized carbons (Fsp3) is 0.500. The van der Waals surface area contributed by atoms with Gasteiger partial charge in [0.05, 0.1) is 35.0 Å². The number of halogens is 1. The fourth-order valence-corrected chi connectivity index (χ4v) is 5.16. The third-order valence-corrected chi connectivity index (χ3v) is 7.10. The SMILES string of the molecule is O=CN1CC[C@H](NC(=O)C(=O)Nc2ccc(Cl)cn2)[C@H](NC(=O)C2=NC3CCOCC3S2)C1. The molecule has 4 heterocycles. The van der Waals surface area contributed by atoms with Crippen molar-refractivity contribution in [3.05, 3.63) is 23.4 Å². The van der Waals surface area contributed by atoms with Crippen molar-refractivity contribution >= 4 is 58.4 Å². The average molecular weight is 495 g/mol. The van der Waals surface area contributed by atoms with Gasteiger partial charge in [-0.1, -0.05) is 23.4 Å². The van der Waals surface area contributed by atoms with Crippen molar-refractivity contribution in [1.82, 2.24) is 20.5 Å². The van der Waals surface area contributed by atoms with Crippen molar-refractivity contribution in [2.24, 2.45) is 4.99 Å². The first-order chi connectivity index (χ1) is 15.9. The maximum absolute atomic E-state index is 12.9. The molecule has 0 saturated carbocycles. The Kier molecular flexibility index (Phi) is 7.46. The number of pyridine rings is 1. The first-order valence-corrected chi connectivity index (χ1v) is 11.7. The summed E-state index contributed by atoms with van der Waals surface area (Å²) in [6.45, 7) is 1.76. The van der Waals surface area contributed by atoms with Gasteiger partial charge in [-0.2, -0.15) is 0 Å². The van der Waals surface area contributed by atoms with E-state index in [0.29, 0.717) is 42.7 Å². The van der Waals surface area contributed by atoms with Crippen LogP contribution in [0.2, 0.25) is 5.02 Å². The molecule has 4 atom stereocenters. The zero-order valence-electron chi connectivity index (χ0n) is 17.5. The fourth-order valence-electron chi connectivity index (χ4n) is 3.88. The van der Waals surface area contributed by atoms with Crippen LogP contribution in [0, 0.1) is 0 Å². The predicted octanol–water partition coefficient (Wildman–Crippen LogP) is -0.192. The quantitative estimate of drug-likeness (QED) is 0.380. The smallest absolute Gasteiger partial charge is 0.314 e. The molecule has 13 heteroatoms. The van der Waals surface area contributed by atoms with Gasteiger partial charge in [-0.25, -0.2) is 4.98 Å². The van der Waals surface area contributed by atoms with Crippen LogP contribution in [0.1, 0.15) is 12.8 Å². The molecule has 0 aromatic carbocycles. The molecule has 0 radical (unpaired) electrons. The first-order valence-electron chi connectivity index (χ1n) is 10.5. The van der Waals surface area contributed by atoms with Crippen LogP contribution in [0.5, 0.6) is 0 Å². The molecular formula is C20H23ClN6O5S. The van der Waals surface area contributed by atoms with Crippen LogP contribution in [-0.2, 0) is 23.9 Å². The third-order valence-electron chi connectivity index (χ3n) is 5.61. The van der Waals surface area contributed by atoms with Crippen LogP contribution >= 0.6 is 23.4 Å². The Hall–Kier alpha value is -2.70. The van der Waals surface area contributed by atoms with Gasteiger partial charge in [0, 0.05) is 25.9 Å². The first kappa shape index (κ1) is 23.5. The Morgan fingerprint density at radius 3 is 2.76 bits per heavy atom. The van der Waals surface area contributed by atoms with Gasteiger partial charge in [0.2, 0.25) is 6.41 Å². The van der Waals surface area contributed by atoms with Gasteiger partial charge >= 0.3 is 11.8 Å². The molecule has 3 aliphatic heterocycles. The maximum atomic E-state index is 12.9. The summed E-state index contributed by atoms with van der Waals surface area (Å²) in [6.07, 6.45) is 3.19. The normalized spacial score (nSPS) is 26.6. The van der Waals surface area contributed by atoms with Crippen molar-refractivity contribution < 1.29 is 23.9 Å². The van der Waals surface area contributed by atoms with Gasteiger partial charge in [0.15, 0.2) is 5.04 Å². The van der Waals surface area contributed by atoms with Crippen molar-refractivity contribution in [1.29, 1.82) is 0 Å². The van der Waals surface area contributed by atoms with E-state index in [4.69, 9.17) is 16.3 Å². The van der Waals surface area contributed by atoms with Gasteiger partial charge in [-0.15, -0.1) is 0 Å². The number of nitrogens with one attached hydrogen (secondary N) is 3. The van der Waals surface area contributed by atoms with Gasteiger partial charge in [0.1, 0.15) is 5.82 Å². The summed E-state index contributed by atoms with van der Waals surface area (Å²) in [5, 5.41) is 8.83. The molecule has 0 spiro atoms. The van der Waals surface area contributed by atoms with E-state index in [1.54, 1.807) is 0 Å². The van der Waals surface area contributed by atoms with E-state index < -0.39 is 23.9 Å². The maximum Gasteiger partial charge on any atom is 0.314 e. The molecule has 1 aromatic rings. The standard InChI is InChI=1S/C20H23ClN6O5S/c21-11-1-2-16(22-7-11)26-18(30)17(29)23-12-3-5-27(10-28)8-14(12)24-19(31)20-25-13-4-6-32-9-15(13)33-20/h1-2,7,10,12-15H,3-6,8-9H2,(H,23,29)(H,24,31)(H,22,26,30)/t12-,13?,14+,15?/m0/s1. The van der Waals surface area contributed by atoms with Crippen molar-refractivity contribution in [2.75, 3.05) is 31.6 Å². The number of piperidine rings is 1. The number of fused-ring (bicyclic) bond motifs is 1. The zero-order chi connectivity index (χ0) is 23.4. The van der Waals surface area contributed by atoms with Gasteiger partial charge in [-0.05, 0) is 25.0 Å². The van der Waals surface area contributed by atoms with Crippen LogP contribution in [0.15, 0.2) is 23.3 Å². The number of nitrogens with zero attached hydrogens (tertiary/aromatic N) is 3. The molecule has 2 saturated heterocycles. The van der Waals surface area contributed by atoms with Crippen LogP contribution in [0.3, 0.4) is 0 Å². The Labute approximate surface area is 199 Å². The number of thioether (sulfide) groups is 1. The molecule has 2 fully saturated rings. The minimum atomic E-state index is -0.896. The van der Waals surface area contributed by atoms with Crippen LogP contribution < -0.4 is 16.0 Å². The topological polar surface area (TPSA) is 142 Å². The second-order valence-electron chi connectivity index (χ2n) is 7.89. The van der Waals surface area contributed by atoms with Crippen molar-refractivity contribution in [3.8, 4) is 0 Å². The van der Waals surface area contributed by atoms with Gasteiger partial charge in [-0.3, -0.25) is 24.2 Å². The number of aliphatic imine (C=N–C) groups is 1. The zero-order valence-corrected chi connectivity index (χ0v) is 19.1. The van der Waals surface area contributed by atoms with Crippen LogP contribution in [0.4, 0.5) is 5.82 Å². The number of rotatable bonds is 5. The molecule has 1 aromatic heterocycles. The summed E-state index contributed by atoms with van der Waals surface area (Å²) < 4.78 is 5.45. The Balaban J connectivity index is 1.37. The highest BCUT2D eigenvalue weighted by Crippen LogP contribution is 2.32. The van der Waals surface area contributed by atoms with E-state index in [1.165, 1.54) is 35.0 Å². The highest BCUT2D eigenvalue weighted by Gasteiger charge is 2.38. The molecule has 11 nitrogen and oxygen atoms in total. The van der Waals surface area contributed by atoms with E-state index in [0.717, 1.165) is 6.42 Å². The van der Waals surface area contributed by atoms with Gasteiger partial charge in [0.25, 0.3) is 5.91 Å². The minimum Gasteiger partial charge on any atom is -0.380 e. The second-order valence-corrected chi connectivity index (χ2v) is 9.55. The molecule has 4 amide bonds. The van der Waals surface area contributed by atoms with Crippen LogP contribution in [0.25, 0.3) is 0 Å². The molecule has 4 rings (SSSR count). The van der Waals surface area contributed by atoms with E-state index >= 15 is 0 Å². The highest BCUT2D eigenvalue weighted by atomic mass is 35.5. The minimum absolute atomic E-state index is 0.0583. The Morgan fingerprint density at radius 2 is 2.03 bits per heavy atom. The third kappa shape index (κ3) is 5.81. The number of amides is 4. The monoisotopic (exact) mass is 494 g/mol. The lowest BCUT2D eigenvalue weighted by Gasteiger charge is -2.37. The molecule has 2 unspecified atom stereocenters. The molecule has 3 aliphatic rings. The van der Waals surface area contributed by atoms with Crippen LogP contribution in [-0.4, -0.2) is 88.7 Å². The number of anilines is 1. The second kappa shape index (κ2) is 10.5. The molecule has 0 bridgehead atoms. The van der Waals surface area contributed by atoms with E-state index in [-0.39, 0.29) is 29.6 Å². The number of likely N-dealkylation sites (tertiary alicyclic amines) is 1. The van der Waals surface area contributed by atoms with E-state index in [9.17, 15) is 19.2 Å². The Bertz CT molecular complexity index is 961. The van der Waals surface area contributed by atoms with Gasteiger partial charge < -0.3 is 25.6 Å². The summed E-state index contributed by atoms with van der Waals surface area (Å²) in [4.78, 5) is 58.9. The number of carbonyl (C=O) groups is 4. The number of carbonyl (C=O) groups excluding carboxylic acids is 4. The summed E-state index contributed by atoms with van der Waals surface area (Å²) in [5.41, 5.74) is 0. The summed E-state index contributed by atoms with van der Waals surface area (Å²) in [5.74, 6) is -1.94. The lowest BCUT2D eigenvalue weighted by Crippen LogP contribution is -2.61. The summed E-state index contributed by atoms with van der Waals surface area (Å²) >= 11 is 7.15. The van der Waals surface area contributed by atoms with E-state index in [2.05, 4.69) is 25.9 Å². The highest BCUT2D eigenvalue weighted by molar-refractivity contribution is 8.16. The number of ether oxygens (including phenoxy) is 1. The lowest BCUT2D eigenvalue weighted by atomic mass is 9.99. The summed E-state index contributed by atoms with van der Waals surface area (Å²) in [7, 11) is 0. The molecule has 0 aliphatic carbocycles. The Morgan fingerprint density at radius 1 is 1.18 bits per heavy atom. The molecule has 33 heavy (non-hydrogen) atoms. The lowest BCUT2D eigenvalue weighted by molar-refractivity contribution is -0.137.